The third-order valence-corrected chi connectivity index (χ3v) is 3.30. The number of benzene rings is 1. The highest BCUT2D eigenvalue weighted by molar-refractivity contribution is 14.1. The monoisotopic (exact) mass is 357 g/mol. The van der Waals surface area contributed by atoms with E-state index >= 15 is 0 Å². The van der Waals surface area contributed by atoms with Crippen molar-refractivity contribution in [1.82, 2.24) is 9.97 Å². The molecule has 0 bridgehead atoms. The number of nitrogens with zero attached hydrogens (tertiary/aromatic N) is 2. The highest BCUT2D eigenvalue weighted by Crippen LogP contribution is 2.15. The molecule has 0 saturated carbocycles. The summed E-state index contributed by atoms with van der Waals surface area (Å²) in [4.78, 5) is 8.13. The Balaban J connectivity index is 1.99. The zero-order chi connectivity index (χ0) is 13.0. The van der Waals surface area contributed by atoms with E-state index in [9.17, 15) is 4.39 Å². The van der Waals surface area contributed by atoms with E-state index in [0.29, 0.717) is 0 Å². The molecule has 1 N–H and O–H groups in total. The number of rotatable bonds is 4. The van der Waals surface area contributed by atoms with E-state index in [2.05, 4.69) is 44.8 Å². The van der Waals surface area contributed by atoms with Gasteiger partial charge < -0.3 is 5.32 Å². The smallest absolute Gasteiger partial charge is 0.143 e. The molecule has 0 aliphatic carbocycles. The standard InChI is InChI=1S/C13H13FIN3/c1-9(6-10-2-4-11(14)5-3-10)18-13-12(15)7-16-8-17-13/h2-5,7-9H,6H2,1H3,(H,16,17,18). The fourth-order valence-electron chi connectivity index (χ4n) is 1.68. The fourth-order valence-corrected chi connectivity index (χ4v) is 2.13. The molecule has 0 spiro atoms. The van der Waals surface area contributed by atoms with Crippen LogP contribution >= 0.6 is 22.6 Å². The lowest BCUT2D eigenvalue weighted by Crippen LogP contribution is -2.19. The number of anilines is 1. The van der Waals surface area contributed by atoms with Crippen molar-refractivity contribution in [3.63, 3.8) is 0 Å². The highest BCUT2D eigenvalue weighted by atomic mass is 127. The molecule has 0 radical (unpaired) electrons. The van der Waals surface area contributed by atoms with Gasteiger partial charge >= 0.3 is 0 Å². The van der Waals surface area contributed by atoms with E-state index < -0.39 is 0 Å². The summed E-state index contributed by atoms with van der Waals surface area (Å²) in [5.74, 6) is 0.630. The van der Waals surface area contributed by atoms with Crippen molar-refractivity contribution < 1.29 is 4.39 Å². The van der Waals surface area contributed by atoms with Crippen LogP contribution in [0.15, 0.2) is 36.8 Å². The van der Waals surface area contributed by atoms with E-state index in [0.717, 1.165) is 21.4 Å². The molecule has 18 heavy (non-hydrogen) atoms. The summed E-state index contributed by atoms with van der Waals surface area (Å²) >= 11 is 2.19. The summed E-state index contributed by atoms with van der Waals surface area (Å²) in [6.45, 7) is 2.07. The Bertz CT molecular complexity index is 516. The van der Waals surface area contributed by atoms with Gasteiger partial charge in [0.2, 0.25) is 0 Å². The van der Waals surface area contributed by atoms with Crippen LogP contribution in [0, 0.1) is 9.39 Å². The molecule has 0 aliphatic heterocycles. The van der Waals surface area contributed by atoms with Crippen molar-refractivity contribution in [3.8, 4) is 0 Å². The Morgan fingerprint density at radius 3 is 2.72 bits per heavy atom. The Morgan fingerprint density at radius 2 is 2.06 bits per heavy atom. The molecule has 0 amide bonds. The van der Waals surface area contributed by atoms with Crippen LogP contribution in [0.2, 0.25) is 0 Å². The Hall–Kier alpha value is -1.24. The minimum Gasteiger partial charge on any atom is -0.366 e. The van der Waals surface area contributed by atoms with Crippen LogP contribution in [-0.2, 0) is 6.42 Å². The first kappa shape index (κ1) is 13.2. The molecule has 1 aromatic heterocycles. The zero-order valence-electron chi connectivity index (χ0n) is 9.90. The van der Waals surface area contributed by atoms with Crippen molar-refractivity contribution in [3.05, 3.63) is 51.7 Å². The van der Waals surface area contributed by atoms with Gasteiger partial charge in [-0.25, -0.2) is 14.4 Å². The zero-order valence-corrected chi connectivity index (χ0v) is 12.1. The Kier molecular flexibility index (Phi) is 4.46. The molecular formula is C13H13FIN3. The summed E-state index contributed by atoms with van der Waals surface area (Å²) in [6.07, 6.45) is 4.11. The summed E-state index contributed by atoms with van der Waals surface area (Å²) in [6, 6.07) is 6.79. The quantitative estimate of drug-likeness (QED) is 0.854. The normalized spacial score (nSPS) is 12.2. The van der Waals surface area contributed by atoms with Crippen LogP contribution in [0.4, 0.5) is 10.2 Å². The maximum atomic E-state index is 12.8. The SMILES string of the molecule is CC(Cc1ccc(F)cc1)Nc1ncncc1I. The lowest BCUT2D eigenvalue weighted by Gasteiger charge is -2.15. The van der Waals surface area contributed by atoms with Crippen LogP contribution in [-0.4, -0.2) is 16.0 Å². The number of aromatic nitrogens is 2. The maximum Gasteiger partial charge on any atom is 0.143 e. The average molecular weight is 357 g/mol. The molecule has 1 atom stereocenters. The van der Waals surface area contributed by atoms with Gasteiger partial charge in [-0.15, -0.1) is 0 Å². The van der Waals surface area contributed by atoms with Gasteiger partial charge in [-0.3, -0.25) is 0 Å². The van der Waals surface area contributed by atoms with Crippen molar-refractivity contribution in [2.24, 2.45) is 0 Å². The average Bonchev–Trinajstić information content (AvgIpc) is 2.35. The predicted octanol–water partition coefficient (Wildman–Crippen LogP) is 3.26. The van der Waals surface area contributed by atoms with Crippen LogP contribution in [0.25, 0.3) is 0 Å². The molecule has 0 aliphatic rings. The molecule has 2 aromatic rings. The Labute approximate surface area is 119 Å². The first-order chi connectivity index (χ1) is 8.65. The lowest BCUT2D eigenvalue weighted by molar-refractivity contribution is 0.626. The largest absolute Gasteiger partial charge is 0.366 e. The first-order valence-corrected chi connectivity index (χ1v) is 6.69. The van der Waals surface area contributed by atoms with Gasteiger partial charge in [-0.1, -0.05) is 12.1 Å². The number of hydrogen-bond acceptors (Lipinski definition) is 3. The third kappa shape index (κ3) is 3.63. The van der Waals surface area contributed by atoms with Gasteiger partial charge in [-0.05, 0) is 53.6 Å². The molecule has 1 unspecified atom stereocenters. The van der Waals surface area contributed by atoms with E-state index in [4.69, 9.17) is 0 Å². The van der Waals surface area contributed by atoms with E-state index in [1.54, 1.807) is 18.3 Å². The predicted molar refractivity (Wildman–Crippen MR) is 77.9 cm³/mol. The summed E-state index contributed by atoms with van der Waals surface area (Å²) in [7, 11) is 0. The molecular weight excluding hydrogens is 344 g/mol. The summed E-state index contributed by atoms with van der Waals surface area (Å²) in [5.41, 5.74) is 1.10. The van der Waals surface area contributed by atoms with Gasteiger partial charge in [0.25, 0.3) is 0 Å². The second-order valence-electron chi connectivity index (χ2n) is 4.10. The van der Waals surface area contributed by atoms with Crippen LogP contribution in [0.5, 0.6) is 0 Å². The second-order valence-corrected chi connectivity index (χ2v) is 5.26. The number of hydrogen-bond donors (Lipinski definition) is 1. The van der Waals surface area contributed by atoms with Crippen LogP contribution in [0.1, 0.15) is 12.5 Å². The van der Waals surface area contributed by atoms with Crippen molar-refractivity contribution in [2.45, 2.75) is 19.4 Å². The Morgan fingerprint density at radius 1 is 1.33 bits per heavy atom. The molecule has 2 rings (SSSR count). The topological polar surface area (TPSA) is 37.8 Å². The minimum atomic E-state index is -0.204. The van der Waals surface area contributed by atoms with Gasteiger partial charge in [0.15, 0.2) is 0 Å². The van der Waals surface area contributed by atoms with Crippen LogP contribution in [0.3, 0.4) is 0 Å². The fraction of sp³-hybridized carbons (Fsp3) is 0.231. The van der Waals surface area contributed by atoms with Gasteiger partial charge in [-0.2, -0.15) is 0 Å². The highest BCUT2D eigenvalue weighted by Gasteiger charge is 2.07. The number of halogens is 2. The van der Waals surface area contributed by atoms with E-state index in [1.807, 2.05) is 0 Å². The van der Waals surface area contributed by atoms with Gasteiger partial charge in [0, 0.05) is 12.2 Å². The van der Waals surface area contributed by atoms with Crippen molar-refractivity contribution in [2.75, 3.05) is 5.32 Å². The molecule has 1 aromatic carbocycles. The van der Waals surface area contributed by atoms with Gasteiger partial charge in [0.05, 0.1) is 3.57 Å². The second kappa shape index (κ2) is 6.08. The molecule has 0 saturated heterocycles. The van der Waals surface area contributed by atoms with E-state index in [1.165, 1.54) is 18.5 Å². The van der Waals surface area contributed by atoms with Crippen molar-refractivity contribution in [1.29, 1.82) is 0 Å². The molecule has 0 fully saturated rings. The first-order valence-electron chi connectivity index (χ1n) is 5.61. The molecule has 94 valence electrons. The number of nitrogens with one attached hydrogen (secondary N) is 1. The van der Waals surface area contributed by atoms with Crippen LogP contribution < -0.4 is 5.32 Å². The summed E-state index contributed by atoms with van der Waals surface area (Å²) < 4.78 is 13.8. The minimum absolute atomic E-state index is 0.204. The third-order valence-electron chi connectivity index (χ3n) is 2.51. The molecule has 5 heteroatoms. The maximum absolute atomic E-state index is 12.8. The molecule has 3 nitrogen and oxygen atoms in total. The van der Waals surface area contributed by atoms with E-state index in [-0.39, 0.29) is 11.9 Å². The van der Waals surface area contributed by atoms with Gasteiger partial charge in [0.1, 0.15) is 18.0 Å². The lowest BCUT2D eigenvalue weighted by atomic mass is 10.1. The molecule has 1 heterocycles. The summed E-state index contributed by atoms with van der Waals surface area (Å²) in [5, 5.41) is 3.32. The van der Waals surface area contributed by atoms with Crippen molar-refractivity contribution >= 4 is 28.4 Å².